The standard InChI is InChI=1S/C12H17N3O5S/c1-13-11(16)10-6-8(7-14(10)2)21(19,20)15-5-3-4-9(15)12(17)18/h6-7,9H,3-5H2,1-2H3,(H,13,16)(H,17,18). The fourth-order valence-corrected chi connectivity index (χ4v) is 4.16. The summed E-state index contributed by atoms with van der Waals surface area (Å²) in [5, 5.41) is 11.5. The zero-order chi connectivity index (χ0) is 15.8. The number of aromatic nitrogens is 1. The van der Waals surface area contributed by atoms with Gasteiger partial charge in [0.1, 0.15) is 16.6 Å². The van der Waals surface area contributed by atoms with E-state index < -0.39 is 27.9 Å². The van der Waals surface area contributed by atoms with E-state index in [1.165, 1.54) is 23.9 Å². The first-order chi connectivity index (χ1) is 9.78. The van der Waals surface area contributed by atoms with Gasteiger partial charge in [-0.1, -0.05) is 0 Å². The third-order valence-electron chi connectivity index (χ3n) is 3.53. The summed E-state index contributed by atoms with van der Waals surface area (Å²) < 4.78 is 27.5. The molecule has 116 valence electrons. The summed E-state index contributed by atoms with van der Waals surface area (Å²) in [6.45, 7) is 0.170. The molecule has 1 saturated heterocycles. The van der Waals surface area contributed by atoms with Crippen molar-refractivity contribution in [3.05, 3.63) is 18.0 Å². The topological polar surface area (TPSA) is 109 Å². The van der Waals surface area contributed by atoms with Crippen molar-refractivity contribution in [1.82, 2.24) is 14.2 Å². The molecule has 1 unspecified atom stereocenters. The molecule has 0 bridgehead atoms. The summed E-state index contributed by atoms with van der Waals surface area (Å²) in [5.74, 6) is -1.56. The molecular weight excluding hydrogens is 298 g/mol. The predicted molar refractivity (Wildman–Crippen MR) is 73.4 cm³/mol. The van der Waals surface area contributed by atoms with Crippen LogP contribution in [0.25, 0.3) is 0 Å². The van der Waals surface area contributed by atoms with Crippen LogP contribution in [-0.4, -0.2) is 53.9 Å². The van der Waals surface area contributed by atoms with E-state index in [0.717, 1.165) is 4.31 Å². The Morgan fingerprint density at radius 2 is 2.10 bits per heavy atom. The number of hydrogen-bond acceptors (Lipinski definition) is 4. The normalized spacial score (nSPS) is 19.6. The second-order valence-electron chi connectivity index (χ2n) is 4.86. The lowest BCUT2D eigenvalue weighted by Gasteiger charge is -2.19. The summed E-state index contributed by atoms with van der Waals surface area (Å²) in [6, 6.07) is 0.212. The molecule has 9 heteroatoms. The lowest BCUT2D eigenvalue weighted by atomic mass is 10.2. The van der Waals surface area contributed by atoms with E-state index in [9.17, 15) is 18.0 Å². The van der Waals surface area contributed by atoms with Crippen molar-refractivity contribution < 1.29 is 23.1 Å². The molecule has 2 N–H and O–H groups in total. The molecule has 1 aromatic rings. The van der Waals surface area contributed by atoms with Crippen LogP contribution in [-0.2, 0) is 21.9 Å². The van der Waals surface area contributed by atoms with Crippen molar-refractivity contribution in [3.8, 4) is 0 Å². The second-order valence-corrected chi connectivity index (χ2v) is 6.75. The van der Waals surface area contributed by atoms with Crippen molar-refractivity contribution in [2.45, 2.75) is 23.8 Å². The zero-order valence-electron chi connectivity index (χ0n) is 11.7. The molecule has 1 aliphatic heterocycles. The highest BCUT2D eigenvalue weighted by Gasteiger charge is 2.40. The maximum Gasteiger partial charge on any atom is 0.322 e. The molecule has 1 atom stereocenters. The highest BCUT2D eigenvalue weighted by molar-refractivity contribution is 7.89. The highest BCUT2D eigenvalue weighted by Crippen LogP contribution is 2.27. The molecule has 0 aromatic carbocycles. The van der Waals surface area contributed by atoms with E-state index in [4.69, 9.17) is 5.11 Å². The van der Waals surface area contributed by atoms with Crippen LogP contribution in [0.4, 0.5) is 0 Å². The summed E-state index contributed by atoms with van der Waals surface area (Å²) in [4.78, 5) is 22.7. The van der Waals surface area contributed by atoms with Crippen LogP contribution in [0.1, 0.15) is 23.3 Å². The Kier molecular flexibility index (Phi) is 4.06. The molecule has 1 aliphatic rings. The van der Waals surface area contributed by atoms with E-state index in [1.807, 2.05) is 0 Å². The molecule has 1 amide bonds. The third kappa shape index (κ3) is 2.66. The second kappa shape index (κ2) is 5.49. The molecule has 0 aliphatic carbocycles. The first-order valence-corrected chi connectivity index (χ1v) is 7.86. The summed E-state index contributed by atoms with van der Waals surface area (Å²) in [6.07, 6.45) is 2.12. The highest BCUT2D eigenvalue weighted by atomic mass is 32.2. The van der Waals surface area contributed by atoms with Crippen molar-refractivity contribution in [3.63, 3.8) is 0 Å². The van der Waals surface area contributed by atoms with Gasteiger partial charge >= 0.3 is 5.97 Å². The monoisotopic (exact) mass is 315 g/mol. The third-order valence-corrected chi connectivity index (χ3v) is 5.41. The van der Waals surface area contributed by atoms with E-state index >= 15 is 0 Å². The Morgan fingerprint density at radius 1 is 1.43 bits per heavy atom. The zero-order valence-corrected chi connectivity index (χ0v) is 12.6. The van der Waals surface area contributed by atoms with E-state index in [-0.39, 0.29) is 17.1 Å². The van der Waals surface area contributed by atoms with Gasteiger partial charge in [-0.25, -0.2) is 8.42 Å². The quantitative estimate of drug-likeness (QED) is 0.787. The Balaban J connectivity index is 2.41. The molecule has 8 nitrogen and oxygen atoms in total. The van der Waals surface area contributed by atoms with E-state index in [1.54, 1.807) is 7.05 Å². The number of carbonyl (C=O) groups is 2. The number of nitrogens with one attached hydrogen (secondary N) is 1. The first kappa shape index (κ1) is 15.5. The molecule has 0 spiro atoms. The van der Waals surface area contributed by atoms with Crippen molar-refractivity contribution in [2.75, 3.05) is 13.6 Å². The largest absolute Gasteiger partial charge is 0.480 e. The SMILES string of the molecule is CNC(=O)c1cc(S(=O)(=O)N2CCCC2C(=O)O)cn1C. The number of carbonyl (C=O) groups excluding carboxylic acids is 1. The minimum absolute atomic E-state index is 0.0725. The average molecular weight is 315 g/mol. The van der Waals surface area contributed by atoms with Crippen LogP contribution < -0.4 is 5.32 Å². The van der Waals surface area contributed by atoms with Gasteiger partial charge in [-0.05, 0) is 18.9 Å². The van der Waals surface area contributed by atoms with Crippen LogP contribution in [0.3, 0.4) is 0 Å². The predicted octanol–water partition coefficient (Wildman–Crippen LogP) is -0.378. The van der Waals surface area contributed by atoms with Gasteiger partial charge in [0.2, 0.25) is 10.0 Å². The number of sulfonamides is 1. The first-order valence-electron chi connectivity index (χ1n) is 6.42. The molecule has 1 aromatic heterocycles. The maximum absolute atomic E-state index is 12.5. The maximum atomic E-state index is 12.5. The minimum Gasteiger partial charge on any atom is -0.480 e. The lowest BCUT2D eigenvalue weighted by molar-refractivity contribution is -0.140. The average Bonchev–Trinajstić information content (AvgIpc) is 3.04. The summed E-state index contributed by atoms with van der Waals surface area (Å²) in [5.41, 5.74) is 0.196. The Bertz CT molecular complexity index is 679. The van der Waals surface area contributed by atoms with Gasteiger partial charge in [0.05, 0.1) is 0 Å². The number of aryl methyl sites for hydroxylation is 1. The van der Waals surface area contributed by atoms with Gasteiger partial charge < -0.3 is 15.0 Å². The van der Waals surface area contributed by atoms with Gasteiger partial charge in [-0.2, -0.15) is 4.31 Å². The van der Waals surface area contributed by atoms with Gasteiger partial charge in [0.25, 0.3) is 5.91 Å². The van der Waals surface area contributed by atoms with E-state index in [0.29, 0.717) is 12.8 Å². The number of carboxylic acids is 1. The summed E-state index contributed by atoms with van der Waals surface area (Å²) in [7, 11) is -0.918. The van der Waals surface area contributed by atoms with E-state index in [2.05, 4.69) is 5.32 Å². The number of rotatable bonds is 4. The Morgan fingerprint density at radius 3 is 2.67 bits per heavy atom. The number of nitrogens with zero attached hydrogens (tertiary/aromatic N) is 2. The lowest BCUT2D eigenvalue weighted by Crippen LogP contribution is -2.40. The number of amides is 1. The number of aliphatic carboxylic acids is 1. The van der Waals surface area contributed by atoms with Gasteiger partial charge in [-0.15, -0.1) is 0 Å². The van der Waals surface area contributed by atoms with Gasteiger partial charge in [0.15, 0.2) is 0 Å². The molecule has 2 rings (SSSR count). The molecule has 1 fully saturated rings. The molecular formula is C12H17N3O5S. The summed E-state index contributed by atoms with van der Waals surface area (Å²) >= 11 is 0. The van der Waals surface area contributed by atoms with Crippen molar-refractivity contribution in [2.24, 2.45) is 7.05 Å². The Hall–Kier alpha value is -1.87. The minimum atomic E-state index is -3.92. The van der Waals surface area contributed by atoms with Crippen LogP contribution in [0.2, 0.25) is 0 Å². The molecule has 21 heavy (non-hydrogen) atoms. The number of hydrogen-bond donors (Lipinski definition) is 2. The fraction of sp³-hybridized carbons (Fsp3) is 0.500. The fourth-order valence-electron chi connectivity index (χ4n) is 2.44. The molecule has 2 heterocycles. The van der Waals surface area contributed by atoms with Crippen LogP contribution >= 0.6 is 0 Å². The van der Waals surface area contributed by atoms with Crippen molar-refractivity contribution in [1.29, 1.82) is 0 Å². The molecule has 0 saturated carbocycles. The molecule has 0 radical (unpaired) electrons. The number of carboxylic acid groups (broad SMARTS) is 1. The van der Waals surface area contributed by atoms with Crippen LogP contribution in [0, 0.1) is 0 Å². The van der Waals surface area contributed by atoms with Gasteiger partial charge in [-0.3, -0.25) is 9.59 Å². The van der Waals surface area contributed by atoms with Crippen LogP contribution in [0.5, 0.6) is 0 Å². The van der Waals surface area contributed by atoms with Crippen LogP contribution in [0.15, 0.2) is 17.2 Å². The van der Waals surface area contributed by atoms with Crippen molar-refractivity contribution >= 4 is 21.9 Å². The van der Waals surface area contributed by atoms with Gasteiger partial charge in [0, 0.05) is 26.8 Å². The Labute approximate surface area is 122 Å². The smallest absolute Gasteiger partial charge is 0.322 e.